The molecule has 14 heavy (non-hydrogen) atoms. The van der Waals surface area contributed by atoms with Gasteiger partial charge in [0.2, 0.25) is 0 Å². The minimum absolute atomic E-state index is 0.285. The van der Waals surface area contributed by atoms with Crippen LogP contribution < -0.4 is 4.74 Å². The van der Waals surface area contributed by atoms with Crippen molar-refractivity contribution < 1.29 is 14.6 Å². The van der Waals surface area contributed by atoms with E-state index in [4.69, 9.17) is 9.84 Å². The van der Waals surface area contributed by atoms with Gasteiger partial charge in [0.15, 0.2) is 6.61 Å². The largest absolute Gasteiger partial charge is 0.482 e. The van der Waals surface area contributed by atoms with Crippen LogP contribution in [0, 0.1) is 6.92 Å². The highest BCUT2D eigenvalue weighted by Gasteiger charge is 2.02. The van der Waals surface area contributed by atoms with Gasteiger partial charge in [-0.05, 0) is 30.5 Å². The van der Waals surface area contributed by atoms with Crippen LogP contribution in [0.25, 0.3) is 0 Å². The Bertz CT molecular complexity index is 331. The molecule has 0 aromatic heterocycles. The van der Waals surface area contributed by atoms with Gasteiger partial charge in [0.05, 0.1) is 0 Å². The molecule has 3 heteroatoms. The molecular formula is C11H14O3. The minimum Gasteiger partial charge on any atom is -0.482 e. The monoisotopic (exact) mass is 194 g/mol. The molecule has 0 saturated carbocycles. The third kappa shape index (κ3) is 2.76. The lowest BCUT2D eigenvalue weighted by molar-refractivity contribution is -0.139. The summed E-state index contributed by atoms with van der Waals surface area (Å²) in [6.07, 6.45) is 0.972. The first kappa shape index (κ1) is 10.6. The Morgan fingerprint density at radius 3 is 2.71 bits per heavy atom. The molecular weight excluding hydrogens is 180 g/mol. The van der Waals surface area contributed by atoms with Gasteiger partial charge in [0, 0.05) is 0 Å². The molecule has 0 unspecified atom stereocenters. The molecule has 76 valence electrons. The normalized spacial score (nSPS) is 9.86. The second kappa shape index (κ2) is 4.65. The van der Waals surface area contributed by atoms with E-state index in [2.05, 4.69) is 6.92 Å². The van der Waals surface area contributed by atoms with E-state index in [1.54, 1.807) is 0 Å². The van der Waals surface area contributed by atoms with Gasteiger partial charge in [-0.15, -0.1) is 0 Å². The quantitative estimate of drug-likeness (QED) is 0.797. The molecule has 1 aromatic rings. The van der Waals surface area contributed by atoms with E-state index in [0.717, 1.165) is 12.0 Å². The Morgan fingerprint density at radius 1 is 1.50 bits per heavy atom. The Hall–Kier alpha value is -1.51. The third-order valence-corrected chi connectivity index (χ3v) is 2.00. The average Bonchev–Trinajstić information content (AvgIpc) is 2.15. The highest BCUT2D eigenvalue weighted by molar-refractivity contribution is 5.68. The molecule has 0 amide bonds. The number of hydrogen-bond acceptors (Lipinski definition) is 2. The number of rotatable bonds is 4. The van der Waals surface area contributed by atoms with Gasteiger partial charge in [0.25, 0.3) is 0 Å². The fraction of sp³-hybridized carbons (Fsp3) is 0.364. The number of aliphatic carboxylic acids is 1. The topological polar surface area (TPSA) is 46.5 Å². The van der Waals surface area contributed by atoms with Crippen molar-refractivity contribution in [1.82, 2.24) is 0 Å². The number of carboxylic acids is 1. The average molecular weight is 194 g/mol. The van der Waals surface area contributed by atoms with Crippen molar-refractivity contribution in [3.8, 4) is 5.75 Å². The zero-order valence-corrected chi connectivity index (χ0v) is 8.41. The first-order chi connectivity index (χ1) is 6.63. The van der Waals surface area contributed by atoms with Crippen molar-refractivity contribution in [2.75, 3.05) is 6.61 Å². The summed E-state index contributed by atoms with van der Waals surface area (Å²) in [6.45, 7) is 3.70. The summed E-state index contributed by atoms with van der Waals surface area (Å²) in [6, 6.07) is 5.78. The number of carboxylic acid groups (broad SMARTS) is 1. The molecule has 0 heterocycles. The van der Waals surface area contributed by atoms with E-state index in [9.17, 15) is 4.79 Å². The maximum absolute atomic E-state index is 10.3. The first-order valence-electron chi connectivity index (χ1n) is 4.57. The van der Waals surface area contributed by atoms with Gasteiger partial charge in [-0.25, -0.2) is 4.79 Å². The molecule has 0 bridgehead atoms. The second-order valence-electron chi connectivity index (χ2n) is 3.14. The molecule has 0 aliphatic carbocycles. The van der Waals surface area contributed by atoms with Crippen LogP contribution >= 0.6 is 0 Å². The predicted octanol–water partition coefficient (Wildman–Crippen LogP) is 2.02. The van der Waals surface area contributed by atoms with E-state index in [1.165, 1.54) is 5.56 Å². The third-order valence-electron chi connectivity index (χ3n) is 2.00. The van der Waals surface area contributed by atoms with Crippen molar-refractivity contribution in [3.63, 3.8) is 0 Å². The van der Waals surface area contributed by atoms with E-state index in [0.29, 0.717) is 5.75 Å². The molecule has 0 spiro atoms. The van der Waals surface area contributed by atoms with Gasteiger partial charge >= 0.3 is 5.97 Å². The molecule has 0 radical (unpaired) electrons. The number of ether oxygens (including phenoxy) is 1. The maximum atomic E-state index is 10.3. The van der Waals surface area contributed by atoms with Crippen LogP contribution in [0.4, 0.5) is 0 Å². The van der Waals surface area contributed by atoms with Gasteiger partial charge in [-0.3, -0.25) is 0 Å². The number of carbonyl (C=O) groups is 1. The smallest absolute Gasteiger partial charge is 0.341 e. The zero-order chi connectivity index (χ0) is 10.6. The summed E-state index contributed by atoms with van der Waals surface area (Å²) in [4.78, 5) is 10.3. The highest BCUT2D eigenvalue weighted by Crippen LogP contribution is 2.19. The molecule has 0 aliphatic heterocycles. The highest BCUT2D eigenvalue weighted by atomic mass is 16.5. The lowest BCUT2D eigenvalue weighted by atomic mass is 10.1. The van der Waals surface area contributed by atoms with Crippen molar-refractivity contribution in [2.45, 2.75) is 20.3 Å². The fourth-order valence-corrected chi connectivity index (χ4v) is 1.23. The summed E-state index contributed by atoms with van der Waals surface area (Å²) < 4.78 is 5.10. The van der Waals surface area contributed by atoms with Gasteiger partial charge in [-0.2, -0.15) is 0 Å². The Labute approximate surface area is 83.3 Å². The molecule has 0 saturated heterocycles. The van der Waals surface area contributed by atoms with Crippen LogP contribution in [0.1, 0.15) is 18.1 Å². The van der Waals surface area contributed by atoms with Crippen LogP contribution in [0.15, 0.2) is 18.2 Å². The van der Waals surface area contributed by atoms with Crippen molar-refractivity contribution in [1.29, 1.82) is 0 Å². The minimum atomic E-state index is -0.955. The van der Waals surface area contributed by atoms with Gasteiger partial charge in [0.1, 0.15) is 5.75 Å². The fourth-order valence-electron chi connectivity index (χ4n) is 1.23. The summed E-state index contributed by atoms with van der Waals surface area (Å²) in [5.41, 5.74) is 2.20. The molecule has 0 fully saturated rings. The van der Waals surface area contributed by atoms with Crippen LogP contribution in [0.2, 0.25) is 0 Å². The first-order valence-corrected chi connectivity index (χ1v) is 4.57. The van der Waals surface area contributed by atoms with Gasteiger partial charge < -0.3 is 9.84 Å². The molecule has 1 rings (SSSR count). The number of benzene rings is 1. The molecule has 0 atom stereocenters. The SMILES string of the molecule is CCc1ccc(OCC(=O)O)c(C)c1. The van der Waals surface area contributed by atoms with E-state index in [-0.39, 0.29) is 6.61 Å². The van der Waals surface area contributed by atoms with Gasteiger partial charge in [-0.1, -0.05) is 19.1 Å². The van der Waals surface area contributed by atoms with Crippen LogP contribution in [0.5, 0.6) is 5.75 Å². The van der Waals surface area contributed by atoms with E-state index >= 15 is 0 Å². The van der Waals surface area contributed by atoms with Crippen molar-refractivity contribution >= 4 is 5.97 Å². The van der Waals surface area contributed by atoms with E-state index in [1.807, 2.05) is 25.1 Å². The Balaban J connectivity index is 2.73. The standard InChI is InChI=1S/C11H14O3/c1-3-9-4-5-10(8(2)6-9)14-7-11(12)13/h4-6H,3,7H2,1-2H3,(H,12,13). The lowest BCUT2D eigenvalue weighted by Crippen LogP contribution is -2.10. The summed E-state index contributed by atoms with van der Waals surface area (Å²) in [5.74, 6) is -0.312. The molecule has 1 N–H and O–H groups in total. The zero-order valence-electron chi connectivity index (χ0n) is 8.41. The van der Waals surface area contributed by atoms with Crippen LogP contribution in [-0.4, -0.2) is 17.7 Å². The summed E-state index contributed by atoms with van der Waals surface area (Å²) in [7, 11) is 0. The molecule has 3 nitrogen and oxygen atoms in total. The summed E-state index contributed by atoms with van der Waals surface area (Å²) in [5, 5.41) is 8.44. The van der Waals surface area contributed by atoms with Crippen LogP contribution in [-0.2, 0) is 11.2 Å². The lowest BCUT2D eigenvalue weighted by Gasteiger charge is -2.07. The van der Waals surface area contributed by atoms with Crippen molar-refractivity contribution in [2.24, 2.45) is 0 Å². The molecule has 0 aliphatic rings. The maximum Gasteiger partial charge on any atom is 0.341 e. The number of aryl methyl sites for hydroxylation is 2. The van der Waals surface area contributed by atoms with Crippen molar-refractivity contribution in [3.05, 3.63) is 29.3 Å². The van der Waals surface area contributed by atoms with E-state index < -0.39 is 5.97 Å². The van der Waals surface area contributed by atoms with Crippen LogP contribution in [0.3, 0.4) is 0 Å². The Morgan fingerprint density at radius 2 is 2.21 bits per heavy atom. The number of hydrogen-bond donors (Lipinski definition) is 1. The predicted molar refractivity (Wildman–Crippen MR) is 53.7 cm³/mol. The molecule has 1 aromatic carbocycles. The summed E-state index contributed by atoms with van der Waals surface area (Å²) >= 11 is 0. The second-order valence-corrected chi connectivity index (χ2v) is 3.14. The Kier molecular flexibility index (Phi) is 3.51.